The molecule has 2 N–H and O–H groups in total. The van der Waals surface area contributed by atoms with E-state index in [1.165, 1.54) is 16.0 Å². The van der Waals surface area contributed by atoms with Crippen LogP contribution in [0.25, 0.3) is 0 Å². The van der Waals surface area contributed by atoms with Gasteiger partial charge < -0.3 is 5.73 Å². The fraction of sp³-hybridized carbons (Fsp3) is 0.200. The summed E-state index contributed by atoms with van der Waals surface area (Å²) in [5, 5.41) is 0.443. The van der Waals surface area contributed by atoms with Gasteiger partial charge in [0.25, 0.3) is 0 Å². The van der Waals surface area contributed by atoms with Gasteiger partial charge >= 0.3 is 0 Å². The second-order valence-electron chi connectivity index (χ2n) is 4.24. The van der Waals surface area contributed by atoms with Gasteiger partial charge in [-0.2, -0.15) is 0 Å². The summed E-state index contributed by atoms with van der Waals surface area (Å²) in [6, 6.07) is 16.8. The van der Waals surface area contributed by atoms with E-state index in [9.17, 15) is 0 Å². The first-order valence-corrected chi connectivity index (χ1v) is 6.62. The Morgan fingerprint density at radius 1 is 0.941 bits per heavy atom. The molecule has 0 amide bonds. The molecule has 0 spiro atoms. The molecule has 1 nitrogen and oxygen atoms in total. The van der Waals surface area contributed by atoms with Gasteiger partial charge in [-0.1, -0.05) is 29.8 Å². The van der Waals surface area contributed by atoms with Crippen LogP contribution >= 0.6 is 11.8 Å². The summed E-state index contributed by atoms with van der Waals surface area (Å²) in [6.45, 7) is 4.33. The zero-order valence-electron chi connectivity index (χ0n) is 10.2. The van der Waals surface area contributed by atoms with Crippen LogP contribution < -0.4 is 5.73 Å². The minimum Gasteiger partial charge on any atom is -0.399 e. The molecule has 2 aromatic rings. The summed E-state index contributed by atoms with van der Waals surface area (Å²) >= 11 is 1.87. The first-order valence-electron chi connectivity index (χ1n) is 5.74. The first-order chi connectivity index (χ1) is 8.15. The largest absolute Gasteiger partial charge is 0.399 e. The van der Waals surface area contributed by atoms with Crippen molar-refractivity contribution in [1.82, 2.24) is 0 Å². The third-order valence-electron chi connectivity index (χ3n) is 2.74. The highest BCUT2D eigenvalue weighted by Gasteiger charge is 2.06. The zero-order valence-corrected chi connectivity index (χ0v) is 11.0. The Morgan fingerprint density at radius 2 is 1.53 bits per heavy atom. The van der Waals surface area contributed by atoms with Crippen molar-refractivity contribution in [2.24, 2.45) is 0 Å². The molecule has 0 aliphatic carbocycles. The topological polar surface area (TPSA) is 26.0 Å². The molecule has 0 saturated carbocycles. The van der Waals surface area contributed by atoms with Crippen LogP contribution in [0.4, 0.5) is 5.69 Å². The van der Waals surface area contributed by atoms with Crippen molar-refractivity contribution in [1.29, 1.82) is 0 Å². The highest BCUT2D eigenvalue weighted by atomic mass is 32.2. The Labute approximate surface area is 107 Å². The van der Waals surface area contributed by atoms with Crippen molar-refractivity contribution < 1.29 is 0 Å². The van der Waals surface area contributed by atoms with Crippen LogP contribution in [-0.2, 0) is 0 Å². The maximum Gasteiger partial charge on any atom is 0.0316 e. The molecule has 0 aliphatic rings. The molecule has 1 unspecified atom stereocenters. The van der Waals surface area contributed by atoms with Gasteiger partial charge in [-0.05, 0) is 43.7 Å². The van der Waals surface area contributed by atoms with E-state index < -0.39 is 0 Å². The molecule has 0 bridgehead atoms. The summed E-state index contributed by atoms with van der Waals surface area (Å²) in [7, 11) is 0. The van der Waals surface area contributed by atoms with Crippen LogP contribution in [-0.4, -0.2) is 0 Å². The van der Waals surface area contributed by atoms with Gasteiger partial charge in [-0.3, -0.25) is 0 Å². The normalized spacial score (nSPS) is 12.4. The molecule has 0 saturated heterocycles. The molecule has 0 heterocycles. The minimum atomic E-state index is 0.443. The average Bonchev–Trinajstić information content (AvgIpc) is 2.33. The van der Waals surface area contributed by atoms with E-state index in [-0.39, 0.29) is 0 Å². The Bertz CT molecular complexity index is 473. The van der Waals surface area contributed by atoms with Crippen molar-refractivity contribution in [2.75, 3.05) is 5.73 Å². The van der Waals surface area contributed by atoms with Crippen molar-refractivity contribution in [3.05, 3.63) is 59.7 Å². The van der Waals surface area contributed by atoms with E-state index in [1.54, 1.807) is 0 Å². The predicted molar refractivity (Wildman–Crippen MR) is 76.3 cm³/mol. The number of anilines is 1. The number of hydrogen-bond donors (Lipinski definition) is 1. The maximum absolute atomic E-state index is 5.69. The van der Waals surface area contributed by atoms with Crippen LogP contribution in [0.3, 0.4) is 0 Å². The smallest absolute Gasteiger partial charge is 0.0316 e. The van der Waals surface area contributed by atoms with Gasteiger partial charge in [-0.25, -0.2) is 0 Å². The molecule has 0 radical (unpaired) electrons. The average molecular weight is 243 g/mol. The highest BCUT2D eigenvalue weighted by Crippen LogP contribution is 2.34. The van der Waals surface area contributed by atoms with Crippen LogP contribution in [0.1, 0.15) is 23.3 Å². The van der Waals surface area contributed by atoms with Gasteiger partial charge in [0, 0.05) is 15.8 Å². The number of nitrogen functional groups attached to an aromatic ring is 1. The summed E-state index contributed by atoms with van der Waals surface area (Å²) < 4.78 is 0. The first kappa shape index (κ1) is 12.1. The van der Waals surface area contributed by atoms with Gasteiger partial charge in [0.05, 0.1) is 0 Å². The molecule has 0 aliphatic heterocycles. The number of hydrogen-bond acceptors (Lipinski definition) is 2. The SMILES string of the molecule is Cc1ccc(SC(C)c2ccc(N)cc2)cc1. The van der Waals surface area contributed by atoms with Crippen LogP contribution in [0.15, 0.2) is 53.4 Å². The van der Waals surface area contributed by atoms with Crippen LogP contribution in [0.2, 0.25) is 0 Å². The van der Waals surface area contributed by atoms with E-state index in [4.69, 9.17) is 5.73 Å². The van der Waals surface area contributed by atoms with Crippen molar-refractivity contribution in [3.8, 4) is 0 Å². The van der Waals surface area contributed by atoms with Crippen LogP contribution in [0, 0.1) is 6.92 Å². The molecule has 17 heavy (non-hydrogen) atoms. The Kier molecular flexibility index (Phi) is 3.75. The van der Waals surface area contributed by atoms with E-state index in [1.807, 2.05) is 23.9 Å². The third-order valence-corrected chi connectivity index (χ3v) is 3.91. The second kappa shape index (κ2) is 5.28. The summed E-state index contributed by atoms with van der Waals surface area (Å²) in [5.74, 6) is 0. The highest BCUT2D eigenvalue weighted by molar-refractivity contribution is 7.99. The Hall–Kier alpha value is -1.41. The van der Waals surface area contributed by atoms with E-state index in [0.717, 1.165) is 5.69 Å². The number of thioether (sulfide) groups is 1. The molecule has 2 aromatic carbocycles. The van der Waals surface area contributed by atoms with E-state index in [2.05, 4.69) is 50.2 Å². The fourth-order valence-electron chi connectivity index (χ4n) is 1.66. The molecule has 1 atom stereocenters. The van der Waals surface area contributed by atoms with Crippen molar-refractivity contribution in [3.63, 3.8) is 0 Å². The lowest BCUT2D eigenvalue weighted by molar-refractivity contribution is 1.10. The lowest BCUT2D eigenvalue weighted by atomic mass is 10.1. The fourth-order valence-corrected chi connectivity index (χ4v) is 2.65. The number of aryl methyl sites for hydroxylation is 1. The number of nitrogens with two attached hydrogens (primary N) is 1. The van der Waals surface area contributed by atoms with Crippen molar-refractivity contribution >= 4 is 17.4 Å². The number of benzene rings is 2. The second-order valence-corrected chi connectivity index (χ2v) is 5.65. The zero-order chi connectivity index (χ0) is 12.3. The van der Waals surface area contributed by atoms with E-state index in [0.29, 0.717) is 5.25 Å². The van der Waals surface area contributed by atoms with Crippen LogP contribution in [0.5, 0.6) is 0 Å². The van der Waals surface area contributed by atoms with Gasteiger partial charge in [0.15, 0.2) is 0 Å². The predicted octanol–water partition coefficient (Wildman–Crippen LogP) is 4.43. The lowest BCUT2D eigenvalue weighted by Crippen LogP contribution is -1.90. The summed E-state index contributed by atoms with van der Waals surface area (Å²) in [5.41, 5.74) is 9.12. The Morgan fingerprint density at radius 3 is 2.12 bits per heavy atom. The molecule has 88 valence electrons. The molecular formula is C15H17NS. The minimum absolute atomic E-state index is 0.443. The number of rotatable bonds is 3. The molecule has 2 rings (SSSR count). The monoisotopic (exact) mass is 243 g/mol. The molecule has 2 heteroatoms. The maximum atomic E-state index is 5.69. The molecular weight excluding hydrogens is 226 g/mol. The van der Waals surface area contributed by atoms with Gasteiger partial charge in [-0.15, -0.1) is 11.8 Å². The van der Waals surface area contributed by atoms with E-state index >= 15 is 0 Å². The quantitative estimate of drug-likeness (QED) is 0.637. The Balaban J connectivity index is 2.08. The molecule has 0 fully saturated rings. The summed E-state index contributed by atoms with van der Waals surface area (Å²) in [6.07, 6.45) is 0. The summed E-state index contributed by atoms with van der Waals surface area (Å²) in [4.78, 5) is 1.31. The standard InChI is InChI=1S/C15H17NS/c1-11-3-9-15(10-4-11)17-12(2)13-5-7-14(16)8-6-13/h3-10,12H,16H2,1-2H3. The molecule has 0 aromatic heterocycles. The third kappa shape index (κ3) is 3.27. The lowest BCUT2D eigenvalue weighted by Gasteiger charge is -2.12. The van der Waals surface area contributed by atoms with Gasteiger partial charge in [0.2, 0.25) is 0 Å². The van der Waals surface area contributed by atoms with Gasteiger partial charge in [0.1, 0.15) is 0 Å². The van der Waals surface area contributed by atoms with Crippen molar-refractivity contribution in [2.45, 2.75) is 24.0 Å².